The molecule has 0 radical (unpaired) electrons. The minimum atomic E-state index is 0.845. The zero-order valence-electron chi connectivity index (χ0n) is 9.95. The fourth-order valence-corrected chi connectivity index (χ4v) is 2.34. The molecule has 0 saturated carbocycles. The number of methoxy groups -OCH3 is 1. The predicted octanol–water partition coefficient (Wildman–Crippen LogP) is 2.97. The number of benzene rings is 1. The van der Waals surface area contributed by atoms with Crippen LogP contribution in [-0.4, -0.2) is 25.2 Å². The maximum absolute atomic E-state index is 5.63. The van der Waals surface area contributed by atoms with Crippen molar-refractivity contribution in [3.05, 3.63) is 29.8 Å². The summed E-state index contributed by atoms with van der Waals surface area (Å²) in [5, 5.41) is 0. The summed E-state index contributed by atoms with van der Waals surface area (Å²) < 4.78 is 5.00. The molecule has 1 aromatic carbocycles. The maximum Gasteiger partial charge on any atom is 0.0470 e. The summed E-state index contributed by atoms with van der Waals surface area (Å²) >= 11 is 2.01. The highest BCUT2D eigenvalue weighted by atomic mass is 32.2. The number of anilines is 1. The van der Waals surface area contributed by atoms with E-state index in [1.54, 1.807) is 7.11 Å². The van der Waals surface area contributed by atoms with Gasteiger partial charge in [-0.15, -0.1) is 0 Å². The third-order valence-electron chi connectivity index (χ3n) is 2.37. The molecule has 90 valence electrons. The summed E-state index contributed by atoms with van der Waals surface area (Å²) in [5.74, 6) is 2.43. The second-order valence-corrected chi connectivity index (χ2v) is 5.03. The van der Waals surface area contributed by atoms with E-state index in [1.807, 2.05) is 23.9 Å². The molecule has 2 N–H and O–H groups in total. The number of hydrogen-bond donors (Lipinski definition) is 1. The van der Waals surface area contributed by atoms with Gasteiger partial charge in [0.2, 0.25) is 0 Å². The number of hydrogen-bond acceptors (Lipinski definition) is 3. The van der Waals surface area contributed by atoms with E-state index in [-0.39, 0.29) is 0 Å². The molecule has 0 heterocycles. The highest BCUT2D eigenvalue weighted by molar-refractivity contribution is 7.99. The van der Waals surface area contributed by atoms with Gasteiger partial charge in [-0.25, -0.2) is 0 Å². The Labute approximate surface area is 103 Å². The largest absolute Gasteiger partial charge is 0.399 e. The van der Waals surface area contributed by atoms with E-state index < -0.39 is 0 Å². The molecule has 2 nitrogen and oxygen atoms in total. The highest BCUT2D eigenvalue weighted by Gasteiger charge is 1.94. The van der Waals surface area contributed by atoms with E-state index in [2.05, 4.69) is 12.1 Å². The standard InChI is InChI=1S/C13H21NOS/c1-15-9-3-11-16-10-2-4-12-5-7-13(14)8-6-12/h5-8H,2-4,9-11,14H2,1H3. The van der Waals surface area contributed by atoms with E-state index in [1.165, 1.54) is 23.5 Å². The Balaban J connectivity index is 2.01. The van der Waals surface area contributed by atoms with Gasteiger partial charge in [-0.05, 0) is 48.5 Å². The molecule has 0 fully saturated rings. The fraction of sp³-hybridized carbons (Fsp3) is 0.538. The molecule has 0 aliphatic carbocycles. The van der Waals surface area contributed by atoms with Gasteiger partial charge in [-0.3, -0.25) is 0 Å². The molecule has 0 aliphatic rings. The van der Waals surface area contributed by atoms with Crippen molar-refractivity contribution >= 4 is 17.4 Å². The Hall–Kier alpha value is -0.670. The number of thioether (sulfide) groups is 1. The first-order chi connectivity index (χ1) is 7.83. The van der Waals surface area contributed by atoms with Crippen molar-refractivity contribution < 1.29 is 4.74 Å². The fourth-order valence-electron chi connectivity index (χ4n) is 1.47. The van der Waals surface area contributed by atoms with Gasteiger partial charge in [0.1, 0.15) is 0 Å². The first-order valence-electron chi connectivity index (χ1n) is 5.74. The van der Waals surface area contributed by atoms with Crippen molar-refractivity contribution in [2.45, 2.75) is 19.3 Å². The Morgan fingerprint density at radius 3 is 2.50 bits per heavy atom. The average molecular weight is 239 g/mol. The number of nitrogens with two attached hydrogens (primary N) is 1. The van der Waals surface area contributed by atoms with Crippen LogP contribution in [-0.2, 0) is 11.2 Å². The Bertz CT molecular complexity index is 274. The molecular weight excluding hydrogens is 218 g/mol. The summed E-state index contributed by atoms with van der Waals surface area (Å²) in [5.41, 5.74) is 7.86. The average Bonchev–Trinajstić information content (AvgIpc) is 2.30. The molecule has 0 unspecified atom stereocenters. The van der Waals surface area contributed by atoms with Gasteiger partial charge in [0, 0.05) is 19.4 Å². The number of rotatable bonds is 8. The lowest BCUT2D eigenvalue weighted by Crippen LogP contribution is -1.93. The second kappa shape index (κ2) is 8.48. The first-order valence-corrected chi connectivity index (χ1v) is 6.89. The molecule has 0 saturated heterocycles. The van der Waals surface area contributed by atoms with E-state index in [9.17, 15) is 0 Å². The summed E-state index contributed by atoms with van der Waals surface area (Å²) in [6, 6.07) is 8.18. The normalized spacial score (nSPS) is 10.6. The third-order valence-corrected chi connectivity index (χ3v) is 3.53. The van der Waals surface area contributed by atoms with Crippen LogP contribution in [0.1, 0.15) is 18.4 Å². The van der Waals surface area contributed by atoms with E-state index in [0.29, 0.717) is 0 Å². The molecule has 1 rings (SSSR count). The number of nitrogen functional groups attached to an aromatic ring is 1. The summed E-state index contributed by atoms with van der Waals surface area (Å²) in [4.78, 5) is 0. The van der Waals surface area contributed by atoms with Gasteiger partial charge in [0.15, 0.2) is 0 Å². The predicted molar refractivity (Wildman–Crippen MR) is 73.0 cm³/mol. The van der Waals surface area contributed by atoms with Gasteiger partial charge in [0.25, 0.3) is 0 Å². The summed E-state index contributed by atoms with van der Waals surface area (Å²) in [6.07, 6.45) is 3.54. The van der Waals surface area contributed by atoms with Crippen molar-refractivity contribution in [3.8, 4) is 0 Å². The molecule has 3 heteroatoms. The van der Waals surface area contributed by atoms with Crippen LogP contribution in [0.4, 0.5) is 5.69 Å². The third kappa shape index (κ3) is 6.03. The topological polar surface area (TPSA) is 35.2 Å². The molecule has 16 heavy (non-hydrogen) atoms. The minimum Gasteiger partial charge on any atom is -0.399 e. The maximum atomic E-state index is 5.63. The Morgan fingerprint density at radius 2 is 1.81 bits per heavy atom. The van der Waals surface area contributed by atoms with Crippen molar-refractivity contribution in [1.82, 2.24) is 0 Å². The molecule has 0 atom stereocenters. The summed E-state index contributed by atoms with van der Waals surface area (Å²) in [6.45, 7) is 0.880. The monoisotopic (exact) mass is 239 g/mol. The number of ether oxygens (including phenoxy) is 1. The van der Waals surface area contributed by atoms with Crippen LogP contribution >= 0.6 is 11.8 Å². The molecule has 1 aromatic rings. The van der Waals surface area contributed by atoms with Crippen LogP contribution in [0, 0.1) is 0 Å². The van der Waals surface area contributed by atoms with Crippen LogP contribution in [0.2, 0.25) is 0 Å². The lowest BCUT2D eigenvalue weighted by Gasteiger charge is -2.03. The molecule has 0 bridgehead atoms. The van der Waals surface area contributed by atoms with Crippen LogP contribution in [0.15, 0.2) is 24.3 Å². The van der Waals surface area contributed by atoms with Crippen molar-refractivity contribution in [2.75, 3.05) is 31.0 Å². The zero-order valence-corrected chi connectivity index (χ0v) is 10.8. The quantitative estimate of drug-likeness (QED) is 0.559. The zero-order chi connectivity index (χ0) is 11.6. The van der Waals surface area contributed by atoms with Crippen LogP contribution in [0.5, 0.6) is 0 Å². The van der Waals surface area contributed by atoms with Crippen LogP contribution < -0.4 is 5.73 Å². The highest BCUT2D eigenvalue weighted by Crippen LogP contribution is 2.11. The van der Waals surface area contributed by atoms with Gasteiger partial charge in [-0.1, -0.05) is 12.1 Å². The molecule has 0 aliphatic heterocycles. The lowest BCUT2D eigenvalue weighted by atomic mass is 10.1. The Kier molecular flexibility index (Phi) is 7.10. The Morgan fingerprint density at radius 1 is 1.12 bits per heavy atom. The first kappa shape index (κ1) is 13.4. The summed E-state index contributed by atoms with van der Waals surface area (Å²) in [7, 11) is 1.76. The smallest absolute Gasteiger partial charge is 0.0470 e. The van der Waals surface area contributed by atoms with E-state index in [4.69, 9.17) is 10.5 Å². The van der Waals surface area contributed by atoms with Gasteiger partial charge in [-0.2, -0.15) is 11.8 Å². The van der Waals surface area contributed by atoms with Gasteiger partial charge >= 0.3 is 0 Å². The second-order valence-electron chi connectivity index (χ2n) is 3.80. The van der Waals surface area contributed by atoms with Crippen LogP contribution in [0.3, 0.4) is 0 Å². The van der Waals surface area contributed by atoms with E-state index in [0.717, 1.165) is 25.1 Å². The van der Waals surface area contributed by atoms with Gasteiger partial charge < -0.3 is 10.5 Å². The minimum absolute atomic E-state index is 0.845. The molecular formula is C13H21NOS. The SMILES string of the molecule is COCCCSCCCc1ccc(N)cc1. The van der Waals surface area contributed by atoms with E-state index >= 15 is 0 Å². The molecule has 0 aromatic heterocycles. The molecule has 0 spiro atoms. The molecule has 0 amide bonds. The van der Waals surface area contributed by atoms with Gasteiger partial charge in [0.05, 0.1) is 0 Å². The lowest BCUT2D eigenvalue weighted by molar-refractivity contribution is 0.200. The number of aryl methyl sites for hydroxylation is 1. The van der Waals surface area contributed by atoms with Crippen molar-refractivity contribution in [1.29, 1.82) is 0 Å². The van der Waals surface area contributed by atoms with Crippen LogP contribution in [0.25, 0.3) is 0 Å². The van der Waals surface area contributed by atoms with Crippen molar-refractivity contribution in [3.63, 3.8) is 0 Å². The van der Waals surface area contributed by atoms with Crippen molar-refractivity contribution in [2.24, 2.45) is 0 Å².